The summed E-state index contributed by atoms with van der Waals surface area (Å²) >= 11 is 0. The van der Waals surface area contributed by atoms with Crippen LogP contribution in [0.5, 0.6) is 0 Å². The highest BCUT2D eigenvalue weighted by atomic mass is 32.2. The van der Waals surface area contributed by atoms with Gasteiger partial charge in [0, 0.05) is 23.9 Å². The van der Waals surface area contributed by atoms with Crippen molar-refractivity contribution in [2.24, 2.45) is 0 Å². The Hall–Kier alpha value is -1.27. The van der Waals surface area contributed by atoms with Crippen LogP contribution in [0.15, 0.2) is 17.0 Å². The number of carbonyl (C=O) groups is 1. The third-order valence-electron chi connectivity index (χ3n) is 2.34. The first-order valence-electron chi connectivity index (χ1n) is 4.96. The molecule has 0 heterocycles. The lowest BCUT2D eigenvalue weighted by Crippen LogP contribution is -2.14. The molecular formula is C11H14FNO3S. The number of sulfone groups is 1. The fourth-order valence-corrected chi connectivity index (χ4v) is 2.33. The molecule has 1 aromatic carbocycles. The van der Waals surface area contributed by atoms with Gasteiger partial charge >= 0.3 is 0 Å². The molecule has 0 spiro atoms. The third-order valence-corrected chi connectivity index (χ3v) is 3.45. The van der Waals surface area contributed by atoms with Gasteiger partial charge in [0.2, 0.25) is 0 Å². The van der Waals surface area contributed by atoms with E-state index in [4.69, 9.17) is 0 Å². The summed E-state index contributed by atoms with van der Waals surface area (Å²) in [5, 5.41) is 2.71. The largest absolute Gasteiger partial charge is 0.316 e. The molecule has 0 radical (unpaired) electrons. The van der Waals surface area contributed by atoms with Gasteiger partial charge in [0.25, 0.3) is 0 Å². The summed E-state index contributed by atoms with van der Waals surface area (Å²) in [6.45, 7) is 1.41. The van der Waals surface area contributed by atoms with E-state index in [0.717, 1.165) is 12.3 Å². The van der Waals surface area contributed by atoms with Crippen LogP contribution in [0.1, 0.15) is 22.8 Å². The normalized spacial score (nSPS) is 11.5. The summed E-state index contributed by atoms with van der Waals surface area (Å²) in [7, 11) is -2.04. The Balaban J connectivity index is 3.55. The Labute approximate surface area is 99.8 Å². The minimum atomic E-state index is -3.63. The zero-order chi connectivity index (χ0) is 13.2. The summed E-state index contributed by atoms with van der Waals surface area (Å²) in [5.74, 6) is -1.15. The van der Waals surface area contributed by atoms with Gasteiger partial charge in [0.1, 0.15) is 10.7 Å². The molecule has 94 valence electrons. The maximum atomic E-state index is 14.0. The summed E-state index contributed by atoms with van der Waals surface area (Å²) in [6, 6.07) is 2.47. The molecule has 0 saturated heterocycles. The molecule has 0 fully saturated rings. The number of rotatable bonds is 4. The van der Waals surface area contributed by atoms with E-state index >= 15 is 0 Å². The monoisotopic (exact) mass is 259 g/mol. The smallest absolute Gasteiger partial charge is 0.178 e. The highest BCUT2D eigenvalue weighted by Crippen LogP contribution is 2.22. The molecule has 0 aliphatic rings. The van der Waals surface area contributed by atoms with Crippen LogP contribution in [0.3, 0.4) is 0 Å². The first-order chi connectivity index (χ1) is 7.79. The lowest BCUT2D eigenvalue weighted by atomic mass is 10.0. The van der Waals surface area contributed by atoms with Crippen LogP contribution in [0.2, 0.25) is 0 Å². The first kappa shape index (κ1) is 13.8. The summed E-state index contributed by atoms with van der Waals surface area (Å²) in [4.78, 5) is 10.9. The number of ketones is 1. The zero-order valence-electron chi connectivity index (χ0n) is 9.87. The van der Waals surface area contributed by atoms with Crippen molar-refractivity contribution in [3.05, 3.63) is 29.1 Å². The van der Waals surface area contributed by atoms with Crippen molar-refractivity contribution in [1.82, 2.24) is 5.32 Å². The van der Waals surface area contributed by atoms with Crippen molar-refractivity contribution < 1.29 is 17.6 Å². The van der Waals surface area contributed by atoms with Crippen molar-refractivity contribution in [1.29, 1.82) is 0 Å². The fourth-order valence-electron chi connectivity index (χ4n) is 1.57. The van der Waals surface area contributed by atoms with Crippen LogP contribution in [0.25, 0.3) is 0 Å². The van der Waals surface area contributed by atoms with Crippen LogP contribution in [-0.2, 0) is 16.4 Å². The molecule has 0 saturated carbocycles. The standard InChI is InChI=1S/C11H14FNO3S/c1-7(14)8-4-5-10(17(3,15)16)11(12)9(8)6-13-2/h4-5,13H,6H2,1-3H3. The molecule has 0 aliphatic heterocycles. The number of Topliss-reactive ketones (excluding diaryl/α,β-unsaturated/α-hetero) is 1. The Morgan fingerprint density at radius 1 is 1.41 bits per heavy atom. The van der Waals surface area contributed by atoms with Gasteiger partial charge < -0.3 is 5.32 Å². The molecule has 0 aliphatic carbocycles. The van der Waals surface area contributed by atoms with Gasteiger partial charge in [-0.3, -0.25) is 4.79 Å². The molecular weight excluding hydrogens is 245 g/mol. The second-order valence-electron chi connectivity index (χ2n) is 3.76. The maximum Gasteiger partial charge on any atom is 0.178 e. The van der Waals surface area contributed by atoms with E-state index in [1.54, 1.807) is 7.05 Å². The number of hydrogen-bond acceptors (Lipinski definition) is 4. The molecule has 1 rings (SSSR count). The summed E-state index contributed by atoms with van der Waals surface area (Å²) in [5.41, 5.74) is 0.284. The lowest BCUT2D eigenvalue weighted by Gasteiger charge is -2.10. The van der Waals surface area contributed by atoms with E-state index in [1.807, 2.05) is 0 Å². The zero-order valence-corrected chi connectivity index (χ0v) is 10.7. The van der Waals surface area contributed by atoms with E-state index in [9.17, 15) is 17.6 Å². The van der Waals surface area contributed by atoms with Crippen molar-refractivity contribution >= 4 is 15.6 Å². The molecule has 0 amide bonds. The van der Waals surface area contributed by atoms with Gasteiger partial charge in [0.15, 0.2) is 15.6 Å². The minimum Gasteiger partial charge on any atom is -0.316 e. The summed E-state index contributed by atoms with van der Waals surface area (Å²) in [6.07, 6.45) is 0.933. The van der Waals surface area contributed by atoms with Crippen LogP contribution < -0.4 is 5.32 Å². The van der Waals surface area contributed by atoms with E-state index < -0.39 is 15.7 Å². The molecule has 0 unspecified atom stereocenters. The quantitative estimate of drug-likeness (QED) is 0.824. The number of hydrogen-bond donors (Lipinski definition) is 1. The number of nitrogens with one attached hydrogen (secondary N) is 1. The van der Waals surface area contributed by atoms with Crippen molar-refractivity contribution in [3.63, 3.8) is 0 Å². The Morgan fingerprint density at radius 2 is 2.00 bits per heavy atom. The van der Waals surface area contributed by atoms with Crippen molar-refractivity contribution in [2.75, 3.05) is 13.3 Å². The van der Waals surface area contributed by atoms with Gasteiger partial charge in [-0.05, 0) is 26.1 Å². The van der Waals surface area contributed by atoms with Crippen LogP contribution in [0.4, 0.5) is 4.39 Å². The van der Waals surface area contributed by atoms with Gasteiger partial charge in [-0.25, -0.2) is 12.8 Å². The van der Waals surface area contributed by atoms with Crippen LogP contribution >= 0.6 is 0 Å². The molecule has 6 heteroatoms. The highest BCUT2D eigenvalue weighted by molar-refractivity contribution is 7.90. The van der Waals surface area contributed by atoms with E-state index in [-0.39, 0.29) is 28.4 Å². The molecule has 17 heavy (non-hydrogen) atoms. The molecule has 1 aromatic rings. The molecule has 0 bridgehead atoms. The lowest BCUT2D eigenvalue weighted by molar-refractivity contribution is 0.101. The third kappa shape index (κ3) is 2.89. The van der Waals surface area contributed by atoms with Gasteiger partial charge in [-0.2, -0.15) is 0 Å². The Kier molecular flexibility index (Phi) is 4.00. The predicted molar refractivity (Wildman–Crippen MR) is 62.3 cm³/mol. The first-order valence-corrected chi connectivity index (χ1v) is 6.85. The average Bonchev–Trinajstić information content (AvgIpc) is 2.18. The van der Waals surface area contributed by atoms with E-state index in [1.165, 1.54) is 13.0 Å². The highest BCUT2D eigenvalue weighted by Gasteiger charge is 2.20. The van der Waals surface area contributed by atoms with Crippen LogP contribution in [0, 0.1) is 5.82 Å². The fraction of sp³-hybridized carbons (Fsp3) is 0.364. The van der Waals surface area contributed by atoms with Crippen LogP contribution in [-0.4, -0.2) is 27.5 Å². The second-order valence-corrected chi connectivity index (χ2v) is 5.75. The van der Waals surface area contributed by atoms with Crippen molar-refractivity contribution in [2.45, 2.75) is 18.4 Å². The Morgan fingerprint density at radius 3 is 2.41 bits per heavy atom. The van der Waals surface area contributed by atoms with Gasteiger partial charge in [0.05, 0.1) is 0 Å². The predicted octanol–water partition coefficient (Wildman–Crippen LogP) is 1.15. The van der Waals surface area contributed by atoms with Crippen molar-refractivity contribution in [3.8, 4) is 0 Å². The summed E-state index contributed by atoms with van der Waals surface area (Å²) < 4.78 is 36.7. The SMILES string of the molecule is CNCc1c(C(C)=O)ccc(S(C)(=O)=O)c1F. The molecule has 1 N–H and O–H groups in total. The number of halogens is 1. The minimum absolute atomic E-state index is 0.0860. The molecule has 0 aromatic heterocycles. The van der Waals surface area contributed by atoms with E-state index in [0.29, 0.717) is 0 Å². The topological polar surface area (TPSA) is 63.2 Å². The Bertz CT molecular complexity index is 552. The number of carbonyl (C=O) groups excluding carboxylic acids is 1. The molecule has 4 nitrogen and oxygen atoms in total. The van der Waals surface area contributed by atoms with Gasteiger partial charge in [-0.15, -0.1) is 0 Å². The van der Waals surface area contributed by atoms with Gasteiger partial charge in [-0.1, -0.05) is 0 Å². The van der Waals surface area contributed by atoms with E-state index in [2.05, 4.69) is 5.32 Å². The second kappa shape index (κ2) is 4.93. The molecule has 0 atom stereocenters. The maximum absolute atomic E-state index is 14.0. The number of benzene rings is 1. The average molecular weight is 259 g/mol.